The maximum atomic E-state index is 12.3. The van der Waals surface area contributed by atoms with Crippen molar-refractivity contribution < 1.29 is 14.3 Å². The number of Topliss-reactive ketones (excluding diaryl/α,β-unsaturated/α-hetero) is 1. The molecule has 128 valence electrons. The number of ether oxygens (including phenoxy) is 1. The molecule has 2 aliphatic rings. The summed E-state index contributed by atoms with van der Waals surface area (Å²) < 4.78 is 4.87. The lowest BCUT2D eigenvalue weighted by Crippen LogP contribution is -2.21. The molecule has 0 aromatic carbocycles. The summed E-state index contributed by atoms with van der Waals surface area (Å²) in [6.45, 7) is 9.33. The maximum absolute atomic E-state index is 12.3. The van der Waals surface area contributed by atoms with E-state index in [4.69, 9.17) is 4.74 Å². The zero-order valence-corrected chi connectivity index (χ0v) is 15.0. The third kappa shape index (κ3) is 4.79. The molecule has 0 spiro atoms. The summed E-state index contributed by atoms with van der Waals surface area (Å²) in [5.74, 6) is 0.117. The second-order valence-corrected chi connectivity index (χ2v) is 7.81. The zero-order valence-electron chi connectivity index (χ0n) is 15.0. The summed E-state index contributed by atoms with van der Waals surface area (Å²) in [5, 5.41) is 0. The van der Waals surface area contributed by atoms with Crippen molar-refractivity contribution in [2.24, 2.45) is 11.3 Å². The summed E-state index contributed by atoms with van der Waals surface area (Å²) >= 11 is 0. The van der Waals surface area contributed by atoms with Gasteiger partial charge in [0.1, 0.15) is 12.4 Å². The topological polar surface area (TPSA) is 43.4 Å². The van der Waals surface area contributed by atoms with E-state index in [0.717, 1.165) is 18.4 Å². The number of hydrogen-bond acceptors (Lipinski definition) is 3. The van der Waals surface area contributed by atoms with Gasteiger partial charge < -0.3 is 4.74 Å². The van der Waals surface area contributed by atoms with E-state index in [1.54, 1.807) is 5.57 Å². The van der Waals surface area contributed by atoms with Crippen molar-refractivity contribution in [3.05, 3.63) is 22.8 Å². The zero-order chi connectivity index (χ0) is 17.0. The van der Waals surface area contributed by atoms with E-state index in [1.807, 2.05) is 6.92 Å². The summed E-state index contributed by atoms with van der Waals surface area (Å²) in [5.41, 5.74) is 4.34. The molecule has 0 N–H and O–H groups in total. The quantitative estimate of drug-likeness (QED) is 0.502. The highest BCUT2D eigenvalue weighted by molar-refractivity contribution is 5.86. The van der Waals surface area contributed by atoms with E-state index >= 15 is 0 Å². The van der Waals surface area contributed by atoms with Crippen LogP contribution < -0.4 is 0 Å². The number of allylic oxidation sites excluding steroid dienone is 2. The second-order valence-electron chi connectivity index (χ2n) is 7.81. The van der Waals surface area contributed by atoms with Crippen LogP contribution in [0.1, 0.15) is 72.6 Å². The smallest absolute Gasteiger partial charge is 0.331 e. The number of carbonyl (C=O) groups is 2. The first-order valence-electron chi connectivity index (χ1n) is 8.87. The van der Waals surface area contributed by atoms with Gasteiger partial charge in [-0.15, -0.1) is 0 Å². The van der Waals surface area contributed by atoms with Gasteiger partial charge in [-0.05, 0) is 56.4 Å². The van der Waals surface area contributed by atoms with E-state index in [0.29, 0.717) is 25.2 Å². The Morgan fingerprint density at radius 1 is 1.35 bits per heavy atom. The van der Waals surface area contributed by atoms with Gasteiger partial charge in [-0.2, -0.15) is 0 Å². The van der Waals surface area contributed by atoms with Crippen LogP contribution in [0.2, 0.25) is 0 Å². The van der Waals surface area contributed by atoms with Gasteiger partial charge in [-0.1, -0.05) is 31.9 Å². The number of carbonyl (C=O) groups excluding carboxylic acids is 2. The van der Waals surface area contributed by atoms with E-state index in [2.05, 4.69) is 20.8 Å². The monoisotopic (exact) mass is 318 g/mol. The fraction of sp³-hybridized carbons (Fsp3) is 0.700. The van der Waals surface area contributed by atoms with E-state index in [9.17, 15) is 9.59 Å². The summed E-state index contributed by atoms with van der Waals surface area (Å²) in [6, 6.07) is 0. The molecule has 0 amide bonds. The molecule has 0 saturated carbocycles. The first kappa shape index (κ1) is 18.0. The van der Waals surface area contributed by atoms with Crippen LogP contribution in [0.5, 0.6) is 0 Å². The molecule has 0 fully saturated rings. The van der Waals surface area contributed by atoms with Crippen LogP contribution in [0.25, 0.3) is 0 Å². The summed E-state index contributed by atoms with van der Waals surface area (Å²) in [4.78, 5) is 23.3. The molecule has 0 saturated heterocycles. The normalized spacial score (nSPS) is 21.9. The van der Waals surface area contributed by atoms with Crippen molar-refractivity contribution >= 4 is 11.8 Å². The van der Waals surface area contributed by atoms with Crippen LogP contribution >= 0.6 is 0 Å². The molecule has 0 unspecified atom stereocenters. The predicted molar refractivity (Wildman–Crippen MR) is 92.0 cm³/mol. The molecule has 1 aliphatic carbocycles. The number of rotatable bonds is 7. The molecule has 3 nitrogen and oxygen atoms in total. The molecule has 0 aromatic heterocycles. The van der Waals surface area contributed by atoms with Crippen molar-refractivity contribution in [2.45, 2.75) is 72.6 Å². The van der Waals surface area contributed by atoms with Crippen LogP contribution in [-0.2, 0) is 14.3 Å². The van der Waals surface area contributed by atoms with Gasteiger partial charge in [-0.25, -0.2) is 4.79 Å². The highest BCUT2D eigenvalue weighted by Crippen LogP contribution is 2.42. The third-order valence-electron chi connectivity index (χ3n) is 5.48. The Morgan fingerprint density at radius 2 is 2.09 bits per heavy atom. The minimum absolute atomic E-state index is 0.0895. The Hall–Kier alpha value is -1.38. The number of hydrogen-bond donors (Lipinski definition) is 0. The Bertz CT molecular complexity index is 537. The Kier molecular flexibility index (Phi) is 5.83. The Balaban J connectivity index is 1.82. The van der Waals surface area contributed by atoms with Crippen LogP contribution in [-0.4, -0.2) is 18.4 Å². The molecule has 1 aliphatic heterocycles. The van der Waals surface area contributed by atoms with Crippen LogP contribution in [0.3, 0.4) is 0 Å². The van der Waals surface area contributed by atoms with Crippen LogP contribution in [0.15, 0.2) is 22.8 Å². The first-order valence-corrected chi connectivity index (χ1v) is 8.87. The minimum Gasteiger partial charge on any atom is -0.458 e. The molecule has 2 rings (SSSR count). The lowest BCUT2D eigenvalue weighted by atomic mass is 9.70. The summed E-state index contributed by atoms with van der Waals surface area (Å²) in [6.07, 6.45) is 8.42. The van der Waals surface area contributed by atoms with E-state index < -0.39 is 0 Å². The van der Waals surface area contributed by atoms with Crippen molar-refractivity contribution in [3.63, 3.8) is 0 Å². The van der Waals surface area contributed by atoms with Crippen molar-refractivity contribution in [3.8, 4) is 0 Å². The van der Waals surface area contributed by atoms with E-state index in [1.165, 1.54) is 30.9 Å². The van der Waals surface area contributed by atoms with Crippen molar-refractivity contribution in [1.29, 1.82) is 0 Å². The lowest BCUT2D eigenvalue weighted by Gasteiger charge is -2.35. The minimum atomic E-state index is -0.276. The number of cyclic esters (lactones) is 1. The largest absolute Gasteiger partial charge is 0.458 e. The SMILES string of the molecule is CC1=C(CC[C@@H](C)C(=O)CCC2=CC(=O)OC2)C(C)(C)CCC1. The highest BCUT2D eigenvalue weighted by Gasteiger charge is 2.28. The van der Waals surface area contributed by atoms with Gasteiger partial charge in [0, 0.05) is 18.4 Å². The molecule has 1 atom stereocenters. The van der Waals surface area contributed by atoms with Gasteiger partial charge in [0.25, 0.3) is 0 Å². The van der Waals surface area contributed by atoms with Gasteiger partial charge in [0.15, 0.2) is 0 Å². The highest BCUT2D eigenvalue weighted by atomic mass is 16.5. The van der Waals surface area contributed by atoms with Crippen molar-refractivity contribution in [1.82, 2.24) is 0 Å². The molecule has 23 heavy (non-hydrogen) atoms. The van der Waals surface area contributed by atoms with Crippen LogP contribution in [0, 0.1) is 11.3 Å². The van der Waals surface area contributed by atoms with Gasteiger partial charge >= 0.3 is 5.97 Å². The fourth-order valence-corrected chi connectivity index (χ4v) is 3.84. The number of esters is 1. The third-order valence-corrected chi connectivity index (χ3v) is 5.48. The standard InChI is InChI=1S/C20H30O3/c1-14-6-5-11-20(3,4)17(14)9-7-15(2)18(21)10-8-16-12-19(22)23-13-16/h12,15H,5-11,13H2,1-4H3/t15-/m1/s1. The first-order chi connectivity index (χ1) is 10.8. The molecule has 0 radical (unpaired) electrons. The van der Waals surface area contributed by atoms with E-state index in [-0.39, 0.29) is 17.3 Å². The van der Waals surface area contributed by atoms with Gasteiger partial charge in [0.05, 0.1) is 0 Å². The average molecular weight is 318 g/mol. The average Bonchev–Trinajstić information content (AvgIpc) is 2.89. The fourth-order valence-electron chi connectivity index (χ4n) is 3.84. The van der Waals surface area contributed by atoms with Gasteiger partial charge in [-0.3, -0.25) is 4.79 Å². The molecule has 0 bridgehead atoms. The maximum Gasteiger partial charge on any atom is 0.331 e. The molecule has 3 heteroatoms. The second kappa shape index (κ2) is 7.46. The lowest BCUT2D eigenvalue weighted by molar-refractivity contribution is -0.134. The molecule has 0 aromatic rings. The van der Waals surface area contributed by atoms with Crippen molar-refractivity contribution in [2.75, 3.05) is 6.61 Å². The van der Waals surface area contributed by atoms with Crippen LogP contribution in [0.4, 0.5) is 0 Å². The van der Waals surface area contributed by atoms with Gasteiger partial charge in [0.2, 0.25) is 0 Å². The predicted octanol–water partition coefficient (Wildman–Crippen LogP) is 4.76. The molecular formula is C20H30O3. The molecular weight excluding hydrogens is 288 g/mol. The Morgan fingerprint density at radius 3 is 2.70 bits per heavy atom. The number of ketones is 1. The Labute approximate surface area is 140 Å². The molecule has 1 heterocycles. The summed E-state index contributed by atoms with van der Waals surface area (Å²) in [7, 11) is 0.